The van der Waals surface area contributed by atoms with Gasteiger partial charge >= 0.3 is 0 Å². The van der Waals surface area contributed by atoms with Crippen LogP contribution in [0.2, 0.25) is 0 Å². The molecule has 0 radical (unpaired) electrons. The molecule has 5 nitrogen and oxygen atoms in total. The van der Waals surface area contributed by atoms with Crippen molar-refractivity contribution in [3.05, 3.63) is 41.0 Å². The van der Waals surface area contributed by atoms with E-state index in [1.54, 1.807) is 21.3 Å². The Balaban J connectivity index is 1.93. The molecule has 0 saturated heterocycles. The van der Waals surface area contributed by atoms with Crippen molar-refractivity contribution in [2.75, 3.05) is 34.9 Å². The van der Waals surface area contributed by atoms with Crippen LogP contribution >= 0.6 is 0 Å². The summed E-state index contributed by atoms with van der Waals surface area (Å²) < 4.78 is 22.9. The van der Waals surface area contributed by atoms with Crippen LogP contribution in [0.3, 0.4) is 0 Å². The van der Waals surface area contributed by atoms with Gasteiger partial charge in [0.15, 0.2) is 23.0 Å². The number of ether oxygens (including phenoxy) is 4. The molecular formula is C20H23NO4. The number of likely N-dealkylation sites (N-methyl/N-ethyl adjacent to an activating group) is 1. The lowest BCUT2D eigenvalue weighted by atomic mass is 9.88. The van der Waals surface area contributed by atoms with E-state index in [4.69, 9.17) is 18.9 Å². The first-order valence-electron chi connectivity index (χ1n) is 8.49. The summed E-state index contributed by atoms with van der Waals surface area (Å²) in [6.45, 7) is 1.03. The molecular weight excluding hydrogens is 318 g/mol. The van der Waals surface area contributed by atoms with E-state index >= 15 is 0 Å². The fourth-order valence-corrected chi connectivity index (χ4v) is 3.88. The van der Waals surface area contributed by atoms with Gasteiger partial charge in [0.2, 0.25) is 0 Å². The van der Waals surface area contributed by atoms with Crippen molar-refractivity contribution in [3.8, 4) is 28.7 Å². The van der Waals surface area contributed by atoms with Crippen LogP contribution in [0.4, 0.5) is 0 Å². The van der Waals surface area contributed by atoms with E-state index < -0.39 is 0 Å². The van der Waals surface area contributed by atoms with E-state index in [2.05, 4.69) is 18.0 Å². The minimum atomic E-state index is 0.258. The van der Waals surface area contributed by atoms with Crippen LogP contribution in [0, 0.1) is 0 Å². The van der Waals surface area contributed by atoms with Crippen LogP contribution in [0.1, 0.15) is 22.7 Å². The first kappa shape index (κ1) is 16.1. The first-order valence-corrected chi connectivity index (χ1v) is 8.49. The second-order valence-electron chi connectivity index (χ2n) is 6.54. The molecule has 0 fully saturated rings. The Kier molecular flexibility index (Phi) is 3.96. The summed E-state index contributed by atoms with van der Waals surface area (Å²) in [6.07, 6.45) is 1.88. The highest BCUT2D eigenvalue weighted by atomic mass is 16.5. The molecule has 0 N–H and O–H groups in total. The highest BCUT2D eigenvalue weighted by Gasteiger charge is 2.34. The highest BCUT2D eigenvalue weighted by Crippen LogP contribution is 2.50. The van der Waals surface area contributed by atoms with Gasteiger partial charge < -0.3 is 18.9 Å². The standard InChI is InChI=1S/C20H23NO4/c1-21-8-7-12-5-6-15(22-2)20-19(12)14(21)9-13-10-17(23-3)18(24-4)11-16(13)25-20/h5-6,10-11,14H,7-9H2,1-4H3. The second-order valence-corrected chi connectivity index (χ2v) is 6.54. The normalized spacial score (nSPS) is 18.5. The van der Waals surface area contributed by atoms with Gasteiger partial charge in [-0.1, -0.05) is 6.07 Å². The third-order valence-corrected chi connectivity index (χ3v) is 5.26. The summed E-state index contributed by atoms with van der Waals surface area (Å²) in [6, 6.07) is 8.35. The molecule has 2 aliphatic rings. The molecule has 0 bridgehead atoms. The predicted molar refractivity (Wildman–Crippen MR) is 95.4 cm³/mol. The quantitative estimate of drug-likeness (QED) is 0.853. The molecule has 25 heavy (non-hydrogen) atoms. The summed E-state index contributed by atoms with van der Waals surface area (Å²) in [7, 11) is 7.15. The monoisotopic (exact) mass is 341 g/mol. The second kappa shape index (κ2) is 6.15. The molecule has 2 aromatic carbocycles. The van der Waals surface area contributed by atoms with Crippen LogP contribution in [-0.2, 0) is 12.8 Å². The lowest BCUT2D eigenvalue weighted by Gasteiger charge is -2.34. The van der Waals surface area contributed by atoms with Crippen LogP contribution in [0.5, 0.6) is 28.7 Å². The maximum absolute atomic E-state index is 6.37. The van der Waals surface area contributed by atoms with Crippen molar-refractivity contribution in [2.24, 2.45) is 0 Å². The van der Waals surface area contributed by atoms with Crippen molar-refractivity contribution >= 4 is 0 Å². The van der Waals surface area contributed by atoms with Gasteiger partial charge in [-0.15, -0.1) is 0 Å². The number of hydrogen-bond acceptors (Lipinski definition) is 5. The highest BCUT2D eigenvalue weighted by molar-refractivity contribution is 5.60. The van der Waals surface area contributed by atoms with Gasteiger partial charge in [0, 0.05) is 29.8 Å². The summed E-state index contributed by atoms with van der Waals surface area (Å²) in [4.78, 5) is 2.39. The van der Waals surface area contributed by atoms with Crippen LogP contribution in [-0.4, -0.2) is 39.8 Å². The number of methoxy groups -OCH3 is 3. The Hall–Kier alpha value is -2.40. The smallest absolute Gasteiger partial charge is 0.174 e. The zero-order valence-electron chi connectivity index (χ0n) is 15.1. The molecule has 132 valence electrons. The number of rotatable bonds is 3. The molecule has 0 aliphatic carbocycles. The summed E-state index contributed by atoms with van der Waals surface area (Å²) in [5, 5.41) is 0. The number of benzene rings is 2. The Morgan fingerprint density at radius 3 is 2.40 bits per heavy atom. The fraction of sp³-hybridized carbons (Fsp3) is 0.400. The van der Waals surface area contributed by atoms with Crippen molar-refractivity contribution < 1.29 is 18.9 Å². The summed E-state index contributed by atoms with van der Waals surface area (Å²) >= 11 is 0. The van der Waals surface area contributed by atoms with Crippen molar-refractivity contribution in [3.63, 3.8) is 0 Å². The minimum absolute atomic E-state index is 0.258. The molecule has 2 aliphatic heterocycles. The van der Waals surface area contributed by atoms with Gasteiger partial charge in [0.25, 0.3) is 0 Å². The maximum atomic E-state index is 6.37. The summed E-state index contributed by atoms with van der Waals surface area (Å²) in [5.41, 5.74) is 3.69. The molecule has 4 rings (SSSR count). The van der Waals surface area contributed by atoms with Gasteiger partial charge in [-0.05, 0) is 37.6 Å². The lowest BCUT2D eigenvalue weighted by Crippen LogP contribution is -2.33. The predicted octanol–water partition coefficient (Wildman–Crippen LogP) is 3.59. The molecule has 1 unspecified atom stereocenters. The van der Waals surface area contributed by atoms with Gasteiger partial charge in [-0.2, -0.15) is 0 Å². The third kappa shape index (κ3) is 2.50. The minimum Gasteiger partial charge on any atom is -0.493 e. The lowest BCUT2D eigenvalue weighted by molar-refractivity contribution is 0.228. The molecule has 0 spiro atoms. The molecule has 0 amide bonds. The van der Waals surface area contributed by atoms with Gasteiger partial charge in [-0.25, -0.2) is 0 Å². The van der Waals surface area contributed by atoms with E-state index in [0.717, 1.165) is 47.9 Å². The molecule has 0 aromatic heterocycles. The SMILES string of the molecule is COc1cc2c(cc1OC)Oc1c(OC)ccc3c1C(C2)N(C)CC3. The largest absolute Gasteiger partial charge is 0.493 e. The fourth-order valence-electron chi connectivity index (χ4n) is 3.88. The average molecular weight is 341 g/mol. The van der Waals surface area contributed by atoms with Gasteiger partial charge in [0.05, 0.1) is 21.3 Å². The molecule has 0 saturated carbocycles. The molecule has 1 atom stereocenters. The number of hydrogen-bond donors (Lipinski definition) is 0. The van der Waals surface area contributed by atoms with Crippen LogP contribution < -0.4 is 18.9 Å². The van der Waals surface area contributed by atoms with E-state index in [0.29, 0.717) is 5.75 Å². The van der Waals surface area contributed by atoms with Crippen molar-refractivity contribution in [1.29, 1.82) is 0 Å². The zero-order valence-corrected chi connectivity index (χ0v) is 15.1. The van der Waals surface area contributed by atoms with Crippen molar-refractivity contribution in [1.82, 2.24) is 4.90 Å². The molecule has 2 aromatic rings. The number of nitrogens with zero attached hydrogens (tertiary/aromatic N) is 1. The van der Waals surface area contributed by atoms with E-state index in [1.165, 1.54) is 11.1 Å². The van der Waals surface area contributed by atoms with Gasteiger partial charge in [-0.3, -0.25) is 4.90 Å². The zero-order chi connectivity index (χ0) is 17.6. The third-order valence-electron chi connectivity index (χ3n) is 5.26. The van der Waals surface area contributed by atoms with E-state index in [1.807, 2.05) is 18.2 Å². The Bertz CT molecular complexity index is 818. The Morgan fingerprint density at radius 2 is 1.68 bits per heavy atom. The topological polar surface area (TPSA) is 40.2 Å². The van der Waals surface area contributed by atoms with Gasteiger partial charge in [0.1, 0.15) is 5.75 Å². The van der Waals surface area contributed by atoms with E-state index in [9.17, 15) is 0 Å². The maximum Gasteiger partial charge on any atom is 0.174 e. The Morgan fingerprint density at radius 1 is 0.960 bits per heavy atom. The van der Waals surface area contributed by atoms with E-state index in [-0.39, 0.29) is 6.04 Å². The number of fused-ring (bicyclic) bond motifs is 1. The molecule has 2 heterocycles. The van der Waals surface area contributed by atoms with Crippen molar-refractivity contribution in [2.45, 2.75) is 18.9 Å². The Labute approximate surface area is 148 Å². The first-order chi connectivity index (χ1) is 12.2. The average Bonchev–Trinajstić information content (AvgIpc) is 2.81. The molecule has 5 heteroatoms. The van der Waals surface area contributed by atoms with Crippen LogP contribution in [0.25, 0.3) is 0 Å². The summed E-state index contributed by atoms with van der Waals surface area (Å²) in [5.74, 6) is 3.78. The van der Waals surface area contributed by atoms with Crippen LogP contribution in [0.15, 0.2) is 24.3 Å².